The maximum absolute atomic E-state index is 12.6. The molecule has 2 N–H and O–H groups in total. The van der Waals surface area contributed by atoms with Crippen molar-refractivity contribution in [2.45, 2.75) is 36.9 Å². The van der Waals surface area contributed by atoms with Gasteiger partial charge in [0.25, 0.3) is 0 Å². The zero-order valence-electron chi connectivity index (χ0n) is 16.3. The fourth-order valence-corrected chi connectivity index (χ4v) is 4.11. The number of benzene rings is 1. The third kappa shape index (κ3) is 5.61. The van der Waals surface area contributed by atoms with E-state index in [0.29, 0.717) is 32.0 Å². The van der Waals surface area contributed by atoms with E-state index in [2.05, 4.69) is 27.8 Å². The minimum atomic E-state index is -4.15. The zero-order chi connectivity index (χ0) is 20.0. The van der Waals surface area contributed by atoms with Gasteiger partial charge in [-0.25, -0.2) is 0 Å². The summed E-state index contributed by atoms with van der Waals surface area (Å²) in [7, 11) is 1.69. The first kappa shape index (κ1) is 20.9. The number of alkyl halides is 3. The van der Waals surface area contributed by atoms with Crippen LogP contribution < -0.4 is 10.6 Å². The first-order chi connectivity index (χ1) is 13.4. The average Bonchev–Trinajstić information content (AvgIpc) is 3.11. The summed E-state index contributed by atoms with van der Waals surface area (Å²) in [6, 6.07) is 10.4. The van der Waals surface area contributed by atoms with Gasteiger partial charge in [-0.2, -0.15) is 13.2 Å². The number of aliphatic imine (C=N–C) groups is 1. The molecule has 1 unspecified atom stereocenters. The number of nitrogens with zero attached hydrogens (tertiary/aromatic N) is 2. The van der Waals surface area contributed by atoms with Crippen LogP contribution in [0.1, 0.15) is 24.8 Å². The number of guanidine groups is 1. The van der Waals surface area contributed by atoms with E-state index >= 15 is 0 Å². The van der Waals surface area contributed by atoms with Crippen molar-refractivity contribution in [2.75, 3.05) is 46.4 Å². The van der Waals surface area contributed by atoms with Crippen molar-refractivity contribution < 1.29 is 17.9 Å². The van der Waals surface area contributed by atoms with Gasteiger partial charge in [-0.1, -0.05) is 30.3 Å². The number of halogens is 3. The van der Waals surface area contributed by atoms with Gasteiger partial charge in [-0.15, -0.1) is 0 Å². The Balaban J connectivity index is 1.57. The number of nitrogens with one attached hydrogen (secondary N) is 2. The third-order valence-electron chi connectivity index (χ3n) is 5.67. The standard InChI is InChI=1S/C20H29F3N4O/c1-24-18(26-17-7-10-27(13-17)15-20(21,22)23)25-14-19(8-11-28-12-9-19)16-5-3-2-4-6-16/h2-6,17H,7-15H2,1H3,(H2,24,25,26). The van der Waals surface area contributed by atoms with Gasteiger partial charge in [0.1, 0.15) is 0 Å². The Hall–Kier alpha value is -1.80. The first-order valence-electron chi connectivity index (χ1n) is 9.80. The lowest BCUT2D eigenvalue weighted by molar-refractivity contribution is -0.143. The van der Waals surface area contributed by atoms with E-state index in [1.807, 2.05) is 18.2 Å². The smallest absolute Gasteiger partial charge is 0.381 e. The largest absolute Gasteiger partial charge is 0.401 e. The van der Waals surface area contributed by atoms with E-state index < -0.39 is 12.7 Å². The summed E-state index contributed by atoms with van der Waals surface area (Å²) in [5.41, 5.74) is 1.24. The maximum Gasteiger partial charge on any atom is 0.401 e. The highest BCUT2D eigenvalue weighted by atomic mass is 19.4. The summed E-state index contributed by atoms with van der Waals surface area (Å²) in [5.74, 6) is 0.639. The molecule has 2 saturated heterocycles. The van der Waals surface area contributed by atoms with Crippen LogP contribution in [0.25, 0.3) is 0 Å². The summed E-state index contributed by atoms with van der Waals surface area (Å²) in [6.45, 7) is 2.11. The first-order valence-corrected chi connectivity index (χ1v) is 9.80. The predicted molar refractivity (Wildman–Crippen MR) is 104 cm³/mol. The van der Waals surface area contributed by atoms with Crippen molar-refractivity contribution in [1.29, 1.82) is 0 Å². The molecule has 0 aliphatic carbocycles. The highest BCUT2D eigenvalue weighted by Crippen LogP contribution is 2.34. The van der Waals surface area contributed by atoms with Crippen molar-refractivity contribution in [3.8, 4) is 0 Å². The number of ether oxygens (including phenoxy) is 1. The van der Waals surface area contributed by atoms with Crippen molar-refractivity contribution in [3.05, 3.63) is 35.9 Å². The summed E-state index contributed by atoms with van der Waals surface area (Å²) in [4.78, 5) is 5.72. The van der Waals surface area contributed by atoms with Gasteiger partial charge in [0.15, 0.2) is 5.96 Å². The third-order valence-corrected chi connectivity index (χ3v) is 5.67. The molecule has 0 saturated carbocycles. The topological polar surface area (TPSA) is 48.9 Å². The molecule has 0 aromatic heterocycles. The second kappa shape index (κ2) is 9.13. The van der Waals surface area contributed by atoms with Crippen molar-refractivity contribution >= 4 is 5.96 Å². The molecule has 156 valence electrons. The predicted octanol–water partition coefficient (Wildman–Crippen LogP) is 2.54. The Labute approximate surface area is 164 Å². The van der Waals surface area contributed by atoms with E-state index in [-0.39, 0.29) is 11.5 Å². The quantitative estimate of drug-likeness (QED) is 0.591. The maximum atomic E-state index is 12.6. The molecule has 1 aromatic carbocycles. The van der Waals surface area contributed by atoms with Gasteiger partial charge in [0.05, 0.1) is 6.54 Å². The molecule has 2 heterocycles. The molecule has 28 heavy (non-hydrogen) atoms. The normalized spacial score (nSPS) is 23.6. The zero-order valence-corrected chi connectivity index (χ0v) is 16.3. The summed E-state index contributed by atoms with van der Waals surface area (Å²) in [6.07, 6.45) is -1.64. The Morgan fingerprint density at radius 3 is 2.61 bits per heavy atom. The summed E-state index contributed by atoms with van der Waals surface area (Å²) < 4.78 is 43.3. The molecule has 2 aliphatic heterocycles. The molecule has 2 fully saturated rings. The van der Waals surface area contributed by atoms with Crippen LogP contribution in [0.3, 0.4) is 0 Å². The molecular formula is C20H29F3N4O. The van der Waals surface area contributed by atoms with E-state index in [1.165, 1.54) is 10.5 Å². The van der Waals surface area contributed by atoms with Crippen LogP contribution in [-0.4, -0.2) is 69.5 Å². The van der Waals surface area contributed by atoms with Gasteiger partial charge < -0.3 is 15.4 Å². The second-order valence-electron chi connectivity index (χ2n) is 7.66. The molecule has 0 bridgehead atoms. The van der Waals surface area contributed by atoms with Crippen molar-refractivity contribution in [1.82, 2.24) is 15.5 Å². The van der Waals surface area contributed by atoms with Gasteiger partial charge in [0, 0.05) is 51.4 Å². The van der Waals surface area contributed by atoms with Gasteiger partial charge in [-0.05, 0) is 24.8 Å². The van der Waals surface area contributed by atoms with E-state index in [1.54, 1.807) is 7.05 Å². The second-order valence-corrected chi connectivity index (χ2v) is 7.66. The highest BCUT2D eigenvalue weighted by Gasteiger charge is 2.36. The number of rotatable bonds is 5. The minimum absolute atomic E-state index is 0.0316. The van der Waals surface area contributed by atoms with Crippen LogP contribution in [0.4, 0.5) is 13.2 Å². The van der Waals surface area contributed by atoms with E-state index in [0.717, 1.165) is 26.1 Å². The van der Waals surface area contributed by atoms with Gasteiger partial charge >= 0.3 is 6.18 Å². The number of hydrogen-bond acceptors (Lipinski definition) is 3. The van der Waals surface area contributed by atoms with E-state index in [9.17, 15) is 13.2 Å². The number of likely N-dealkylation sites (tertiary alicyclic amines) is 1. The fourth-order valence-electron chi connectivity index (χ4n) is 4.11. The van der Waals surface area contributed by atoms with Gasteiger partial charge in [0.2, 0.25) is 0 Å². The Morgan fingerprint density at radius 1 is 1.25 bits per heavy atom. The molecule has 0 radical (unpaired) electrons. The van der Waals surface area contributed by atoms with Crippen LogP contribution >= 0.6 is 0 Å². The average molecular weight is 398 g/mol. The SMILES string of the molecule is CN=C(NCC1(c2ccccc2)CCOCC1)NC1CCN(CC(F)(F)F)C1. The lowest BCUT2D eigenvalue weighted by Gasteiger charge is -2.38. The van der Waals surface area contributed by atoms with Crippen LogP contribution in [0.15, 0.2) is 35.3 Å². The molecule has 3 rings (SSSR count). The van der Waals surface area contributed by atoms with Crippen LogP contribution in [0.2, 0.25) is 0 Å². The molecule has 8 heteroatoms. The Morgan fingerprint density at radius 2 is 1.96 bits per heavy atom. The number of hydrogen-bond donors (Lipinski definition) is 2. The Kier molecular flexibility index (Phi) is 6.82. The fraction of sp³-hybridized carbons (Fsp3) is 0.650. The highest BCUT2D eigenvalue weighted by molar-refractivity contribution is 5.80. The monoisotopic (exact) mass is 398 g/mol. The van der Waals surface area contributed by atoms with Crippen LogP contribution in [0, 0.1) is 0 Å². The van der Waals surface area contributed by atoms with Crippen molar-refractivity contribution in [2.24, 2.45) is 4.99 Å². The van der Waals surface area contributed by atoms with Gasteiger partial charge in [-0.3, -0.25) is 9.89 Å². The lowest BCUT2D eigenvalue weighted by atomic mass is 9.74. The molecule has 1 atom stereocenters. The van der Waals surface area contributed by atoms with Crippen LogP contribution in [-0.2, 0) is 10.2 Å². The molecular weight excluding hydrogens is 369 g/mol. The molecule has 2 aliphatic rings. The summed E-state index contributed by atoms with van der Waals surface area (Å²) >= 11 is 0. The van der Waals surface area contributed by atoms with E-state index in [4.69, 9.17) is 4.74 Å². The van der Waals surface area contributed by atoms with Crippen molar-refractivity contribution in [3.63, 3.8) is 0 Å². The van der Waals surface area contributed by atoms with Crippen LogP contribution in [0.5, 0.6) is 0 Å². The lowest BCUT2D eigenvalue weighted by Crippen LogP contribution is -2.50. The molecule has 1 aromatic rings. The molecule has 5 nitrogen and oxygen atoms in total. The molecule has 0 spiro atoms. The summed E-state index contributed by atoms with van der Waals surface area (Å²) in [5, 5.41) is 6.70. The minimum Gasteiger partial charge on any atom is -0.381 e. The Bertz CT molecular complexity index is 645. The molecule has 0 amide bonds.